The van der Waals surface area contributed by atoms with Gasteiger partial charge in [-0.25, -0.2) is 4.79 Å². The minimum absolute atomic E-state index is 0.0475. The van der Waals surface area contributed by atoms with Crippen molar-refractivity contribution in [2.75, 3.05) is 11.4 Å². The predicted molar refractivity (Wildman–Crippen MR) is 63.1 cm³/mol. The number of benzene rings is 1. The molecule has 0 saturated carbocycles. The molecule has 90 valence electrons. The summed E-state index contributed by atoms with van der Waals surface area (Å²) in [5.41, 5.74) is 1.91. The number of aryl methyl sites for hydroxylation is 1. The molecule has 0 aromatic heterocycles. The number of hydrogen-bond donors (Lipinski definition) is 2. The van der Waals surface area contributed by atoms with Crippen LogP contribution >= 0.6 is 0 Å². The van der Waals surface area contributed by atoms with Gasteiger partial charge in [-0.3, -0.25) is 9.69 Å². The number of nitrogens with one attached hydrogen (secondary N) is 1. The van der Waals surface area contributed by atoms with E-state index >= 15 is 0 Å². The number of hydrogen-bond acceptors (Lipinski definition) is 2. The minimum Gasteiger partial charge on any atom is -0.481 e. The molecule has 17 heavy (non-hydrogen) atoms. The molecule has 1 aromatic carbocycles. The maximum Gasteiger partial charge on any atom is 0.322 e. The molecule has 0 radical (unpaired) electrons. The van der Waals surface area contributed by atoms with E-state index in [0.29, 0.717) is 6.54 Å². The molecule has 1 fully saturated rings. The second-order valence-electron chi connectivity index (χ2n) is 4.19. The molecule has 1 unspecified atom stereocenters. The van der Waals surface area contributed by atoms with Gasteiger partial charge in [-0.2, -0.15) is 0 Å². The van der Waals surface area contributed by atoms with Gasteiger partial charge in [-0.15, -0.1) is 0 Å². The maximum atomic E-state index is 11.7. The molecule has 5 nitrogen and oxygen atoms in total. The van der Waals surface area contributed by atoms with Gasteiger partial charge in [0.15, 0.2) is 0 Å². The van der Waals surface area contributed by atoms with Crippen LogP contribution in [0.3, 0.4) is 0 Å². The highest BCUT2D eigenvalue weighted by Gasteiger charge is 2.30. The lowest BCUT2D eigenvalue weighted by atomic mass is 10.2. The fraction of sp³-hybridized carbons (Fsp3) is 0.333. The smallest absolute Gasteiger partial charge is 0.322 e. The van der Waals surface area contributed by atoms with E-state index in [4.69, 9.17) is 5.11 Å². The van der Waals surface area contributed by atoms with E-state index in [9.17, 15) is 9.59 Å². The van der Waals surface area contributed by atoms with Gasteiger partial charge in [0.25, 0.3) is 0 Å². The van der Waals surface area contributed by atoms with E-state index in [1.165, 1.54) is 0 Å². The first-order valence-corrected chi connectivity index (χ1v) is 5.43. The van der Waals surface area contributed by atoms with Crippen molar-refractivity contribution in [1.82, 2.24) is 5.32 Å². The summed E-state index contributed by atoms with van der Waals surface area (Å²) in [6, 6.07) is 7.01. The van der Waals surface area contributed by atoms with Crippen molar-refractivity contribution >= 4 is 17.7 Å². The summed E-state index contributed by atoms with van der Waals surface area (Å²) >= 11 is 0. The quantitative estimate of drug-likeness (QED) is 0.829. The third-order valence-corrected chi connectivity index (χ3v) is 2.74. The van der Waals surface area contributed by atoms with Crippen LogP contribution in [-0.4, -0.2) is 29.7 Å². The molecule has 2 rings (SSSR count). The Morgan fingerprint density at radius 1 is 1.47 bits per heavy atom. The maximum absolute atomic E-state index is 11.7. The fourth-order valence-electron chi connectivity index (χ4n) is 1.88. The van der Waals surface area contributed by atoms with Gasteiger partial charge < -0.3 is 10.4 Å². The monoisotopic (exact) mass is 234 g/mol. The number of nitrogens with zero attached hydrogens (tertiary/aromatic N) is 1. The Kier molecular flexibility index (Phi) is 2.99. The van der Waals surface area contributed by atoms with Gasteiger partial charge in [0.05, 0.1) is 12.5 Å². The average molecular weight is 234 g/mol. The van der Waals surface area contributed by atoms with Gasteiger partial charge in [-0.1, -0.05) is 17.7 Å². The van der Waals surface area contributed by atoms with Crippen LogP contribution in [0.5, 0.6) is 0 Å². The summed E-state index contributed by atoms with van der Waals surface area (Å²) < 4.78 is 0. The Labute approximate surface area is 99.0 Å². The Morgan fingerprint density at radius 2 is 2.12 bits per heavy atom. The second kappa shape index (κ2) is 4.45. The van der Waals surface area contributed by atoms with Gasteiger partial charge in [-0.05, 0) is 19.1 Å². The second-order valence-corrected chi connectivity index (χ2v) is 4.19. The predicted octanol–water partition coefficient (Wildman–Crippen LogP) is 1.37. The van der Waals surface area contributed by atoms with E-state index in [0.717, 1.165) is 11.3 Å². The zero-order valence-corrected chi connectivity index (χ0v) is 9.51. The molecule has 1 aliphatic heterocycles. The number of urea groups is 1. The van der Waals surface area contributed by atoms with E-state index in [2.05, 4.69) is 5.32 Å². The van der Waals surface area contributed by atoms with Crippen LogP contribution in [0, 0.1) is 6.92 Å². The topological polar surface area (TPSA) is 69.6 Å². The highest BCUT2D eigenvalue weighted by Crippen LogP contribution is 2.19. The van der Waals surface area contributed by atoms with Gasteiger partial charge >= 0.3 is 12.0 Å². The number of rotatable bonds is 3. The third kappa shape index (κ3) is 2.55. The van der Waals surface area contributed by atoms with E-state index in [-0.39, 0.29) is 18.5 Å². The Bertz CT molecular complexity index is 442. The first-order valence-electron chi connectivity index (χ1n) is 5.43. The zero-order chi connectivity index (χ0) is 12.4. The molecule has 0 aliphatic carbocycles. The Balaban J connectivity index is 2.10. The van der Waals surface area contributed by atoms with Crippen LogP contribution in [0.2, 0.25) is 0 Å². The van der Waals surface area contributed by atoms with Gasteiger partial charge in [0.2, 0.25) is 0 Å². The number of anilines is 1. The van der Waals surface area contributed by atoms with Crippen molar-refractivity contribution in [2.24, 2.45) is 0 Å². The highest BCUT2D eigenvalue weighted by atomic mass is 16.4. The molecular weight excluding hydrogens is 220 g/mol. The highest BCUT2D eigenvalue weighted by molar-refractivity contribution is 5.95. The van der Waals surface area contributed by atoms with Crippen LogP contribution in [0.1, 0.15) is 12.0 Å². The van der Waals surface area contributed by atoms with E-state index in [1.807, 2.05) is 31.2 Å². The van der Waals surface area contributed by atoms with Crippen molar-refractivity contribution in [3.63, 3.8) is 0 Å². The average Bonchev–Trinajstić information content (AvgIpc) is 2.59. The lowest BCUT2D eigenvalue weighted by Gasteiger charge is -2.14. The zero-order valence-electron chi connectivity index (χ0n) is 9.51. The molecule has 1 atom stereocenters. The number of carboxylic acid groups (broad SMARTS) is 1. The van der Waals surface area contributed by atoms with Crippen LogP contribution in [0.25, 0.3) is 0 Å². The van der Waals surface area contributed by atoms with Crippen LogP contribution < -0.4 is 10.2 Å². The summed E-state index contributed by atoms with van der Waals surface area (Å²) in [4.78, 5) is 23.8. The van der Waals surface area contributed by atoms with Gasteiger partial charge in [0, 0.05) is 12.2 Å². The number of carbonyl (C=O) groups excluding carboxylic acids is 1. The molecular formula is C12H14N2O3. The van der Waals surface area contributed by atoms with Crippen molar-refractivity contribution < 1.29 is 14.7 Å². The summed E-state index contributed by atoms with van der Waals surface area (Å²) in [5, 5.41) is 11.3. The summed E-state index contributed by atoms with van der Waals surface area (Å²) in [6.45, 7) is 2.37. The SMILES string of the molecule is Cc1ccc(N2CC(CC(=O)O)NC2=O)cc1. The number of carboxylic acids is 1. The van der Waals surface area contributed by atoms with Crippen molar-refractivity contribution in [3.8, 4) is 0 Å². The lowest BCUT2D eigenvalue weighted by Crippen LogP contribution is -2.29. The largest absolute Gasteiger partial charge is 0.481 e. The third-order valence-electron chi connectivity index (χ3n) is 2.74. The number of aliphatic carboxylic acids is 1. The lowest BCUT2D eigenvalue weighted by molar-refractivity contribution is -0.137. The van der Waals surface area contributed by atoms with E-state index in [1.54, 1.807) is 4.90 Å². The molecule has 0 bridgehead atoms. The van der Waals surface area contributed by atoms with Gasteiger partial charge in [0.1, 0.15) is 0 Å². The molecule has 2 N–H and O–H groups in total. The van der Waals surface area contributed by atoms with E-state index < -0.39 is 5.97 Å². The molecule has 0 spiro atoms. The summed E-state index contributed by atoms with van der Waals surface area (Å²) in [5.74, 6) is -0.902. The molecule has 1 heterocycles. The fourth-order valence-corrected chi connectivity index (χ4v) is 1.88. The van der Waals surface area contributed by atoms with Crippen molar-refractivity contribution in [3.05, 3.63) is 29.8 Å². The normalized spacial score (nSPS) is 19.2. The van der Waals surface area contributed by atoms with Crippen molar-refractivity contribution in [1.29, 1.82) is 0 Å². The number of carbonyl (C=O) groups is 2. The molecule has 1 aliphatic rings. The minimum atomic E-state index is -0.902. The summed E-state index contributed by atoms with van der Waals surface area (Å²) in [7, 11) is 0. The first kappa shape index (κ1) is 11.4. The van der Waals surface area contributed by atoms with Crippen molar-refractivity contribution in [2.45, 2.75) is 19.4 Å². The standard InChI is InChI=1S/C12H14N2O3/c1-8-2-4-10(5-3-8)14-7-9(6-11(15)16)13-12(14)17/h2-5,9H,6-7H2,1H3,(H,13,17)(H,15,16). The Morgan fingerprint density at radius 3 is 2.71 bits per heavy atom. The first-order chi connectivity index (χ1) is 8.06. The molecule has 1 aromatic rings. The van der Waals surface area contributed by atoms with Crippen LogP contribution in [0.15, 0.2) is 24.3 Å². The molecule has 2 amide bonds. The number of amides is 2. The molecule has 1 saturated heterocycles. The Hall–Kier alpha value is -2.04. The van der Waals surface area contributed by atoms with Crippen LogP contribution in [0.4, 0.5) is 10.5 Å². The van der Waals surface area contributed by atoms with Crippen LogP contribution in [-0.2, 0) is 4.79 Å². The molecule has 5 heteroatoms. The summed E-state index contributed by atoms with van der Waals surface area (Å²) in [6.07, 6.45) is -0.0475.